The number of carbonyl (C=O) groups excluding carboxylic acids is 2. The van der Waals surface area contributed by atoms with Crippen molar-refractivity contribution in [1.29, 1.82) is 0 Å². The Morgan fingerprint density at radius 2 is 2.00 bits per heavy atom. The van der Waals surface area contributed by atoms with Crippen molar-refractivity contribution in [2.75, 3.05) is 13.1 Å². The molecule has 30 heavy (non-hydrogen) atoms. The molecule has 0 unspecified atom stereocenters. The van der Waals surface area contributed by atoms with Crippen LogP contribution in [0.1, 0.15) is 29.0 Å². The summed E-state index contributed by atoms with van der Waals surface area (Å²) in [6.07, 6.45) is -2.38. The van der Waals surface area contributed by atoms with Crippen LogP contribution in [0.15, 0.2) is 29.8 Å². The Balaban J connectivity index is 1.43. The fourth-order valence-electron chi connectivity index (χ4n) is 3.15. The molecule has 6 nitrogen and oxygen atoms in total. The lowest BCUT2D eigenvalue weighted by Crippen LogP contribution is -2.47. The van der Waals surface area contributed by atoms with Crippen molar-refractivity contribution in [2.45, 2.75) is 32.0 Å². The average Bonchev–Trinajstić information content (AvgIpc) is 3.20. The van der Waals surface area contributed by atoms with Crippen molar-refractivity contribution < 1.29 is 22.8 Å². The number of likely N-dealkylation sites (tertiary alicyclic amines) is 1. The number of hydrogen-bond acceptors (Lipinski definition) is 5. The second-order valence-electron chi connectivity index (χ2n) is 6.99. The second kappa shape index (κ2) is 9.76. The zero-order chi connectivity index (χ0) is 21.7. The molecule has 162 valence electrons. The van der Waals surface area contributed by atoms with E-state index >= 15 is 0 Å². The summed E-state index contributed by atoms with van der Waals surface area (Å²) in [6.45, 7) is 1.45. The van der Waals surface area contributed by atoms with Crippen LogP contribution >= 0.6 is 22.9 Å². The van der Waals surface area contributed by atoms with Crippen LogP contribution in [0.3, 0.4) is 0 Å². The van der Waals surface area contributed by atoms with Crippen molar-refractivity contribution in [3.05, 3.63) is 50.9 Å². The van der Waals surface area contributed by atoms with Gasteiger partial charge in [-0.05, 0) is 43.4 Å². The number of aromatic nitrogens is 1. The van der Waals surface area contributed by atoms with Gasteiger partial charge in [-0.1, -0.05) is 17.7 Å². The number of hydrogen-bond donors (Lipinski definition) is 2. The number of nitrogens with zero attached hydrogens (tertiary/aromatic N) is 2. The molecule has 2 aromatic rings. The smallest absolute Gasteiger partial charge is 0.297 e. The van der Waals surface area contributed by atoms with Crippen LogP contribution in [0.4, 0.5) is 13.2 Å². The predicted molar refractivity (Wildman–Crippen MR) is 107 cm³/mol. The van der Waals surface area contributed by atoms with Gasteiger partial charge in [0.25, 0.3) is 0 Å². The average molecular weight is 461 g/mol. The van der Waals surface area contributed by atoms with Crippen LogP contribution < -0.4 is 10.9 Å². The van der Waals surface area contributed by atoms with Crippen molar-refractivity contribution >= 4 is 34.8 Å². The first-order chi connectivity index (χ1) is 14.2. The van der Waals surface area contributed by atoms with Crippen molar-refractivity contribution in [2.24, 2.45) is 5.92 Å². The molecule has 11 heteroatoms. The molecule has 0 aromatic carbocycles. The number of halogens is 4. The van der Waals surface area contributed by atoms with Gasteiger partial charge in [-0.25, -0.2) is 0 Å². The lowest BCUT2D eigenvalue weighted by atomic mass is 9.96. The molecule has 0 spiro atoms. The lowest BCUT2D eigenvalue weighted by Gasteiger charge is -2.31. The summed E-state index contributed by atoms with van der Waals surface area (Å²) in [6, 6.07) is 4.58. The standard InChI is InChI=1S/C19H20ClF3N4O2S/c20-15-8-13(19(21,22)23)10-24-16(15)11-27-5-3-12(4-6-27)18(29)26-25-17(28)9-14-2-1-7-30-14/h1-2,7-8,10,12H,3-6,9,11H2,(H,25,28)(H,26,29). The van der Waals surface area contributed by atoms with Gasteiger partial charge in [0.05, 0.1) is 22.7 Å². The van der Waals surface area contributed by atoms with Gasteiger partial charge in [0.1, 0.15) is 0 Å². The maximum atomic E-state index is 12.7. The molecule has 3 heterocycles. The van der Waals surface area contributed by atoms with E-state index in [1.165, 1.54) is 11.3 Å². The van der Waals surface area contributed by atoms with Crippen LogP contribution in [-0.4, -0.2) is 34.8 Å². The molecule has 1 aliphatic rings. The van der Waals surface area contributed by atoms with Gasteiger partial charge in [-0.2, -0.15) is 13.2 Å². The number of hydrazine groups is 1. The molecule has 0 bridgehead atoms. The first-order valence-electron chi connectivity index (χ1n) is 9.27. The van der Waals surface area contributed by atoms with Crippen LogP contribution in [0.2, 0.25) is 5.02 Å². The molecule has 1 aliphatic heterocycles. The molecule has 0 atom stereocenters. The lowest BCUT2D eigenvalue weighted by molar-refractivity contribution is -0.137. The van der Waals surface area contributed by atoms with Crippen LogP contribution in [0.25, 0.3) is 0 Å². The molecule has 2 amide bonds. The third-order valence-electron chi connectivity index (χ3n) is 4.82. The highest BCUT2D eigenvalue weighted by Crippen LogP contribution is 2.31. The Bertz CT molecular complexity index is 884. The van der Waals surface area contributed by atoms with Gasteiger partial charge in [0.2, 0.25) is 11.8 Å². The molecule has 2 aromatic heterocycles. The molecular formula is C19H20ClF3N4O2S. The fourth-order valence-corrected chi connectivity index (χ4v) is 4.08. The molecule has 0 radical (unpaired) electrons. The normalized spacial score (nSPS) is 15.7. The van der Waals surface area contributed by atoms with E-state index in [1.54, 1.807) is 0 Å². The van der Waals surface area contributed by atoms with Gasteiger partial charge >= 0.3 is 6.18 Å². The summed E-state index contributed by atoms with van der Waals surface area (Å²) in [5, 5.41) is 1.85. The maximum Gasteiger partial charge on any atom is 0.417 e. The molecule has 1 fully saturated rings. The number of carbonyl (C=O) groups is 2. The molecule has 1 saturated heterocycles. The monoisotopic (exact) mass is 460 g/mol. The molecule has 2 N–H and O–H groups in total. The zero-order valence-corrected chi connectivity index (χ0v) is 17.4. The van der Waals surface area contributed by atoms with E-state index in [2.05, 4.69) is 15.8 Å². The summed E-state index contributed by atoms with van der Waals surface area (Å²) in [5.41, 5.74) is 4.38. The van der Waals surface area contributed by atoms with Crippen molar-refractivity contribution in [1.82, 2.24) is 20.7 Å². The van der Waals surface area contributed by atoms with Crippen LogP contribution in [0, 0.1) is 5.92 Å². The quantitative estimate of drug-likeness (QED) is 0.670. The molecular weight excluding hydrogens is 441 g/mol. The minimum atomic E-state index is -4.49. The number of alkyl halides is 3. The zero-order valence-electron chi connectivity index (χ0n) is 15.8. The van der Waals surface area contributed by atoms with Gasteiger partial charge < -0.3 is 0 Å². The Labute approximate surface area is 180 Å². The summed E-state index contributed by atoms with van der Waals surface area (Å²) in [5.74, 6) is -0.787. The highest BCUT2D eigenvalue weighted by atomic mass is 35.5. The van der Waals surface area contributed by atoms with E-state index in [0.717, 1.165) is 17.1 Å². The first-order valence-corrected chi connectivity index (χ1v) is 10.5. The van der Waals surface area contributed by atoms with Gasteiger partial charge in [0, 0.05) is 23.5 Å². The molecule has 0 aliphatic carbocycles. The SMILES string of the molecule is O=C(Cc1cccs1)NNC(=O)C1CCN(Cc2ncc(C(F)(F)F)cc2Cl)CC1. The topological polar surface area (TPSA) is 74.3 Å². The number of amides is 2. The first kappa shape index (κ1) is 22.5. The van der Waals surface area contributed by atoms with E-state index in [4.69, 9.17) is 11.6 Å². The van der Waals surface area contributed by atoms with E-state index in [-0.39, 0.29) is 29.2 Å². The number of nitrogens with one attached hydrogen (secondary N) is 2. The van der Waals surface area contributed by atoms with Gasteiger partial charge in [0.15, 0.2) is 0 Å². The summed E-state index contributed by atoms with van der Waals surface area (Å²) < 4.78 is 38.1. The predicted octanol–water partition coefficient (Wildman–Crippen LogP) is 3.42. The fraction of sp³-hybridized carbons (Fsp3) is 0.421. The highest BCUT2D eigenvalue weighted by molar-refractivity contribution is 7.10. The van der Waals surface area contributed by atoms with Crippen LogP contribution in [-0.2, 0) is 28.7 Å². The highest BCUT2D eigenvalue weighted by Gasteiger charge is 2.32. The Kier molecular flexibility index (Phi) is 7.32. The molecule has 3 rings (SSSR count). The Hall–Kier alpha value is -2.17. The number of rotatable bonds is 5. The summed E-state index contributed by atoms with van der Waals surface area (Å²) in [4.78, 5) is 30.9. The Morgan fingerprint density at radius 3 is 2.60 bits per heavy atom. The third-order valence-corrected chi connectivity index (χ3v) is 6.02. The van der Waals surface area contributed by atoms with Gasteiger partial charge in [-0.3, -0.25) is 30.3 Å². The van der Waals surface area contributed by atoms with E-state index in [1.807, 2.05) is 22.4 Å². The van der Waals surface area contributed by atoms with E-state index in [9.17, 15) is 22.8 Å². The Morgan fingerprint density at radius 1 is 1.27 bits per heavy atom. The minimum absolute atomic E-state index is 0.0295. The van der Waals surface area contributed by atoms with Crippen molar-refractivity contribution in [3.8, 4) is 0 Å². The van der Waals surface area contributed by atoms with E-state index < -0.39 is 11.7 Å². The minimum Gasteiger partial charge on any atom is -0.297 e. The second-order valence-corrected chi connectivity index (χ2v) is 8.43. The maximum absolute atomic E-state index is 12.7. The number of thiophene rings is 1. The number of piperidine rings is 1. The summed E-state index contributed by atoms with van der Waals surface area (Å²) in [7, 11) is 0. The largest absolute Gasteiger partial charge is 0.417 e. The third kappa shape index (κ3) is 6.16. The molecule has 0 saturated carbocycles. The van der Waals surface area contributed by atoms with Crippen molar-refractivity contribution in [3.63, 3.8) is 0 Å². The van der Waals surface area contributed by atoms with Gasteiger partial charge in [-0.15, -0.1) is 11.3 Å². The summed E-state index contributed by atoms with van der Waals surface area (Å²) >= 11 is 7.43. The van der Waals surface area contributed by atoms with E-state index in [0.29, 0.717) is 38.2 Å². The van der Waals surface area contributed by atoms with Crippen LogP contribution in [0.5, 0.6) is 0 Å². The number of pyridine rings is 1.